The highest BCUT2D eigenvalue weighted by Gasteiger charge is 2.14. The quantitative estimate of drug-likeness (QED) is 0.610. The molecule has 0 aliphatic rings. The van der Waals surface area contributed by atoms with Crippen molar-refractivity contribution >= 4 is 44.7 Å². The fourth-order valence-corrected chi connectivity index (χ4v) is 3.70. The average Bonchev–Trinajstić information content (AvgIpc) is 2.26. The zero-order chi connectivity index (χ0) is 12.6. The molecular weight excluding hydrogens is 349 g/mol. The maximum Gasteiger partial charge on any atom is 0.231 e. The molecule has 0 aromatic heterocycles. The molecule has 0 bridgehead atoms. The minimum atomic E-state index is -3.22. The molecule has 0 aliphatic carbocycles. The van der Waals surface area contributed by atoms with Crippen LogP contribution in [0, 0.1) is 0 Å². The van der Waals surface area contributed by atoms with Crippen LogP contribution >= 0.6 is 21.2 Å². The van der Waals surface area contributed by atoms with Crippen molar-refractivity contribution in [3.63, 3.8) is 0 Å². The highest BCUT2D eigenvalue weighted by atomic mass is 127. The van der Waals surface area contributed by atoms with Gasteiger partial charge in [0.05, 0.1) is 26.1 Å². The number of halogens is 1. The molecule has 0 radical (unpaired) electrons. The first-order valence-electron chi connectivity index (χ1n) is 5.05. The normalized spacial score (nSPS) is 11.7. The first kappa shape index (κ1) is 12.6. The van der Waals surface area contributed by atoms with Crippen LogP contribution < -0.4 is 4.90 Å². The van der Waals surface area contributed by atoms with E-state index in [0.717, 1.165) is 16.5 Å². The summed E-state index contributed by atoms with van der Waals surface area (Å²) in [6.07, 6.45) is 0. The van der Waals surface area contributed by atoms with Gasteiger partial charge >= 0.3 is 0 Å². The van der Waals surface area contributed by atoms with Gasteiger partial charge < -0.3 is 4.90 Å². The second kappa shape index (κ2) is 4.45. The van der Waals surface area contributed by atoms with Gasteiger partial charge in [0, 0.05) is 30.6 Å². The van der Waals surface area contributed by atoms with Crippen LogP contribution in [-0.4, -0.2) is 22.5 Å². The van der Waals surface area contributed by atoms with Crippen molar-refractivity contribution in [2.24, 2.45) is 0 Å². The van der Waals surface area contributed by atoms with Crippen molar-refractivity contribution in [3.8, 4) is 0 Å². The van der Waals surface area contributed by atoms with Gasteiger partial charge in [0.1, 0.15) is 0 Å². The van der Waals surface area contributed by atoms with Gasteiger partial charge in [0.2, 0.25) is 7.01 Å². The number of fused-ring (bicyclic) bond motifs is 1. The van der Waals surface area contributed by atoms with E-state index in [1.807, 2.05) is 43.3 Å². The van der Waals surface area contributed by atoms with E-state index < -0.39 is 7.01 Å². The second-order valence-corrected chi connectivity index (χ2v) is 8.75. The summed E-state index contributed by atoms with van der Waals surface area (Å²) < 4.78 is 23.4. The summed E-state index contributed by atoms with van der Waals surface area (Å²) in [5.41, 5.74) is 1.02. The molecule has 0 fully saturated rings. The molecular formula is C12H12INO2S. The summed E-state index contributed by atoms with van der Waals surface area (Å²) in [6, 6.07) is 11.1. The van der Waals surface area contributed by atoms with Gasteiger partial charge in [0.15, 0.2) is 0 Å². The van der Waals surface area contributed by atoms with Gasteiger partial charge in [0.25, 0.3) is 0 Å². The molecule has 2 rings (SSSR count). The average molecular weight is 361 g/mol. The van der Waals surface area contributed by atoms with Crippen LogP contribution in [0.2, 0.25) is 0 Å². The number of rotatable bonds is 2. The van der Waals surface area contributed by atoms with E-state index in [9.17, 15) is 8.42 Å². The maximum atomic E-state index is 11.7. The van der Waals surface area contributed by atoms with E-state index in [-0.39, 0.29) is 0 Å². The first-order chi connectivity index (χ1) is 7.91. The summed E-state index contributed by atoms with van der Waals surface area (Å²) in [5.74, 6) is 0. The molecule has 0 spiro atoms. The largest absolute Gasteiger partial charge is 0.377 e. The second-order valence-electron chi connectivity index (χ2n) is 3.96. The Balaban J connectivity index is 2.89. The Morgan fingerprint density at radius 2 is 1.59 bits per heavy atom. The third-order valence-electron chi connectivity index (χ3n) is 2.60. The van der Waals surface area contributed by atoms with E-state index >= 15 is 0 Å². The Hall–Kier alpha value is -0.820. The minimum absolute atomic E-state index is 0.374. The predicted molar refractivity (Wildman–Crippen MR) is 79.5 cm³/mol. The van der Waals surface area contributed by atoms with E-state index in [4.69, 9.17) is 0 Å². The monoisotopic (exact) mass is 361 g/mol. The zero-order valence-electron chi connectivity index (χ0n) is 9.51. The van der Waals surface area contributed by atoms with E-state index in [1.165, 1.54) is 21.2 Å². The fraction of sp³-hybridized carbons (Fsp3) is 0.167. The topological polar surface area (TPSA) is 37.4 Å². The standard InChI is InChI=1S/C12H12INO2S/c1-14(2)11-7-3-6-10-9(11)5-4-8-12(10)17(13,15)16/h3-8H,1-2H3. The van der Waals surface area contributed by atoms with E-state index in [2.05, 4.69) is 0 Å². The highest BCUT2D eigenvalue weighted by Crippen LogP contribution is 2.32. The summed E-state index contributed by atoms with van der Waals surface area (Å²) >= 11 is 1.48. The van der Waals surface area contributed by atoms with Crippen molar-refractivity contribution in [1.29, 1.82) is 0 Å². The van der Waals surface area contributed by atoms with Crippen LogP contribution in [0.15, 0.2) is 41.3 Å². The summed E-state index contributed by atoms with van der Waals surface area (Å²) in [4.78, 5) is 2.35. The lowest BCUT2D eigenvalue weighted by Gasteiger charge is -2.16. The fourth-order valence-electron chi connectivity index (χ4n) is 1.87. The molecule has 90 valence electrons. The highest BCUT2D eigenvalue weighted by molar-refractivity contribution is 14.2. The molecule has 3 nitrogen and oxygen atoms in total. The van der Waals surface area contributed by atoms with Crippen LogP contribution in [0.25, 0.3) is 10.8 Å². The molecule has 0 N–H and O–H groups in total. The number of benzene rings is 2. The SMILES string of the molecule is CN(C)c1cccc2c(S(=O)(=O)I)cccc12. The van der Waals surface area contributed by atoms with Gasteiger partial charge in [-0.3, -0.25) is 0 Å². The third kappa shape index (κ3) is 2.40. The van der Waals surface area contributed by atoms with Crippen molar-refractivity contribution in [2.75, 3.05) is 19.0 Å². The number of nitrogens with zero attached hydrogens (tertiary/aromatic N) is 1. The predicted octanol–water partition coefficient (Wildman–Crippen LogP) is 3.03. The summed E-state index contributed by atoms with van der Waals surface area (Å²) in [7, 11) is 0.668. The van der Waals surface area contributed by atoms with Gasteiger partial charge in [-0.05, 0) is 12.1 Å². The molecule has 0 aliphatic heterocycles. The van der Waals surface area contributed by atoms with Crippen LogP contribution in [0.4, 0.5) is 5.69 Å². The molecule has 17 heavy (non-hydrogen) atoms. The molecule has 5 heteroatoms. The van der Waals surface area contributed by atoms with Crippen molar-refractivity contribution < 1.29 is 8.42 Å². The molecule has 0 saturated carbocycles. The first-order valence-corrected chi connectivity index (χ1v) is 9.07. The Kier molecular flexibility index (Phi) is 3.31. The van der Waals surface area contributed by atoms with Crippen LogP contribution in [0.3, 0.4) is 0 Å². The molecule has 0 atom stereocenters. The lowest BCUT2D eigenvalue weighted by molar-refractivity contribution is 0.613. The van der Waals surface area contributed by atoms with Crippen molar-refractivity contribution in [1.82, 2.24) is 0 Å². The van der Waals surface area contributed by atoms with E-state index in [0.29, 0.717) is 4.90 Å². The van der Waals surface area contributed by atoms with Gasteiger partial charge in [-0.1, -0.05) is 24.3 Å². The van der Waals surface area contributed by atoms with Crippen molar-refractivity contribution in [3.05, 3.63) is 36.4 Å². The number of hydrogen-bond donors (Lipinski definition) is 0. The summed E-state index contributed by atoms with van der Waals surface area (Å²) in [5, 5.41) is 1.73. The maximum absolute atomic E-state index is 11.7. The van der Waals surface area contributed by atoms with Crippen LogP contribution in [0.5, 0.6) is 0 Å². The Bertz CT molecular complexity index is 665. The molecule has 2 aromatic carbocycles. The molecule has 0 amide bonds. The zero-order valence-corrected chi connectivity index (χ0v) is 12.5. The van der Waals surface area contributed by atoms with Crippen LogP contribution in [0.1, 0.15) is 0 Å². The molecule has 0 unspecified atom stereocenters. The Morgan fingerprint density at radius 3 is 2.18 bits per heavy atom. The van der Waals surface area contributed by atoms with Crippen molar-refractivity contribution in [2.45, 2.75) is 4.90 Å². The lowest BCUT2D eigenvalue weighted by Crippen LogP contribution is -2.09. The van der Waals surface area contributed by atoms with E-state index in [1.54, 1.807) is 12.1 Å². The van der Waals surface area contributed by atoms with Gasteiger partial charge in [-0.2, -0.15) is 0 Å². The number of hydrogen-bond acceptors (Lipinski definition) is 3. The Labute approximate surface area is 113 Å². The number of anilines is 1. The van der Waals surface area contributed by atoms with Gasteiger partial charge in [-0.25, -0.2) is 8.42 Å². The minimum Gasteiger partial charge on any atom is -0.377 e. The third-order valence-corrected chi connectivity index (χ3v) is 4.91. The van der Waals surface area contributed by atoms with Crippen LogP contribution in [-0.2, 0) is 7.01 Å². The summed E-state index contributed by atoms with van der Waals surface area (Å²) in [6.45, 7) is 0. The van der Waals surface area contributed by atoms with Gasteiger partial charge in [-0.15, -0.1) is 0 Å². The lowest BCUT2D eigenvalue weighted by atomic mass is 10.1. The smallest absolute Gasteiger partial charge is 0.231 e. The Morgan fingerprint density at radius 1 is 1.00 bits per heavy atom. The molecule has 0 saturated heterocycles. The molecule has 2 aromatic rings. The molecule has 0 heterocycles.